The second-order valence-corrected chi connectivity index (χ2v) is 7.40. The first kappa shape index (κ1) is 16.6. The Labute approximate surface area is 141 Å². The maximum Gasteiger partial charge on any atom is 0.244 e. The van der Waals surface area contributed by atoms with Crippen molar-refractivity contribution in [3.05, 3.63) is 0 Å². The number of likely N-dealkylation sites (tertiary alicyclic amines) is 1. The lowest BCUT2D eigenvalue weighted by Gasteiger charge is -2.46. The number of hydrogen-bond donors (Lipinski definition) is 1. The monoisotopic (exact) mass is 341 g/mol. The molecular formula is C16H24ClN3O3. The molecule has 3 aliphatic rings. The summed E-state index contributed by atoms with van der Waals surface area (Å²) in [5.41, 5.74) is 0. The summed E-state index contributed by atoms with van der Waals surface area (Å²) in [6, 6.07) is 0. The molecule has 3 rings (SSSR count). The Morgan fingerprint density at radius 1 is 1.09 bits per heavy atom. The van der Waals surface area contributed by atoms with E-state index in [9.17, 15) is 14.4 Å². The van der Waals surface area contributed by atoms with Crippen molar-refractivity contribution in [3.63, 3.8) is 0 Å². The fourth-order valence-corrected chi connectivity index (χ4v) is 4.18. The molecule has 0 aromatic rings. The molecule has 6 nitrogen and oxygen atoms in total. The van der Waals surface area contributed by atoms with E-state index in [4.69, 9.17) is 11.6 Å². The summed E-state index contributed by atoms with van der Waals surface area (Å²) in [6.45, 7) is 0.517. The maximum atomic E-state index is 13.0. The molecule has 3 fully saturated rings. The number of carbonyl (C=O) groups excluding carboxylic acids is 3. The Morgan fingerprint density at radius 3 is 2.57 bits per heavy atom. The van der Waals surface area contributed by atoms with Crippen LogP contribution in [0.1, 0.15) is 44.9 Å². The van der Waals surface area contributed by atoms with Gasteiger partial charge in [0.05, 0.1) is 11.9 Å². The zero-order chi connectivity index (χ0) is 16.4. The van der Waals surface area contributed by atoms with Crippen LogP contribution >= 0.6 is 11.6 Å². The topological polar surface area (TPSA) is 69.7 Å². The predicted molar refractivity (Wildman–Crippen MR) is 85.7 cm³/mol. The fraction of sp³-hybridized carbons (Fsp3) is 0.812. The predicted octanol–water partition coefficient (Wildman–Crippen LogP) is 1.08. The van der Waals surface area contributed by atoms with Crippen molar-refractivity contribution in [1.82, 2.24) is 15.1 Å². The number of piperazine rings is 1. The lowest BCUT2D eigenvalue weighted by Crippen LogP contribution is -2.63. The quantitative estimate of drug-likeness (QED) is 0.764. The largest absolute Gasteiger partial charge is 0.345 e. The summed E-state index contributed by atoms with van der Waals surface area (Å²) in [5, 5.41) is 2.48. The van der Waals surface area contributed by atoms with Crippen molar-refractivity contribution in [2.24, 2.45) is 5.92 Å². The Hall–Kier alpha value is -1.30. The van der Waals surface area contributed by atoms with Gasteiger partial charge in [-0.25, -0.2) is 0 Å². The van der Waals surface area contributed by atoms with E-state index in [0.717, 1.165) is 32.1 Å². The smallest absolute Gasteiger partial charge is 0.244 e. The molecule has 7 heteroatoms. The molecule has 0 aromatic heterocycles. The van der Waals surface area contributed by atoms with Crippen LogP contribution in [0.2, 0.25) is 0 Å². The number of amides is 3. The molecule has 0 bridgehead atoms. The van der Waals surface area contributed by atoms with Gasteiger partial charge < -0.3 is 15.1 Å². The molecule has 0 radical (unpaired) electrons. The number of nitrogens with zero attached hydrogens (tertiary/aromatic N) is 2. The van der Waals surface area contributed by atoms with E-state index in [2.05, 4.69) is 5.32 Å². The minimum atomic E-state index is -0.321. The molecule has 0 aromatic carbocycles. The highest BCUT2D eigenvalue weighted by Gasteiger charge is 2.40. The van der Waals surface area contributed by atoms with Crippen molar-refractivity contribution in [2.75, 3.05) is 19.6 Å². The van der Waals surface area contributed by atoms with Crippen LogP contribution in [0.25, 0.3) is 0 Å². The molecule has 23 heavy (non-hydrogen) atoms. The molecule has 3 amide bonds. The van der Waals surface area contributed by atoms with Gasteiger partial charge in [-0.1, -0.05) is 19.3 Å². The lowest BCUT2D eigenvalue weighted by atomic mass is 9.87. The highest BCUT2D eigenvalue weighted by Crippen LogP contribution is 2.30. The zero-order valence-electron chi connectivity index (χ0n) is 13.3. The third-order valence-electron chi connectivity index (χ3n) is 5.16. The second-order valence-electron chi connectivity index (χ2n) is 6.78. The van der Waals surface area contributed by atoms with E-state index in [-0.39, 0.29) is 48.3 Å². The van der Waals surface area contributed by atoms with Crippen LogP contribution in [0.4, 0.5) is 0 Å². The first-order valence-electron chi connectivity index (χ1n) is 8.57. The van der Waals surface area contributed by atoms with Gasteiger partial charge in [-0.2, -0.15) is 0 Å². The zero-order valence-corrected chi connectivity index (χ0v) is 14.1. The number of hydrogen-bond acceptors (Lipinski definition) is 3. The fourth-order valence-electron chi connectivity index (χ4n) is 3.90. The summed E-state index contributed by atoms with van der Waals surface area (Å²) in [4.78, 5) is 40.2. The van der Waals surface area contributed by atoms with Crippen molar-refractivity contribution in [3.8, 4) is 0 Å². The molecule has 2 atom stereocenters. The van der Waals surface area contributed by atoms with E-state index in [1.54, 1.807) is 9.80 Å². The van der Waals surface area contributed by atoms with E-state index in [0.29, 0.717) is 13.0 Å². The number of carbonyl (C=O) groups is 3. The van der Waals surface area contributed by atoms with E-state index in [1.807, 2.05) is 0 Å². The lowest BCUT2D eigenvalue weighted by molar-refractivity contribution is -0.156. The van der Waals surface area contributed by atoms with Crippen molar-refractivity contribution in [2.45, 2.75) is 56.5 Å². The minimum absolute atomic E-state index is 0.0189. The van der Waals surface area contributed by atoms with E-state index < -0.39 is 0 Å². The normalized spacial score (nSPS) is 30.3. The van der Waals surface area contributed by atoms with Crippen LogP contribution in [0, 0.1) is 5.92 Å². The highest BCUT2D eigenvalue weighted by molar-refractivity contribution is 6.21. The van der Waals surface area contributed by atoms with E-state index in [1.165, 1.54) is 6.42 Å². The van der Waals surface area contributed by atoms with Gasteiger partial charge in [0, 0.05) is 12.5 Å². The van der Waals surface area contributed by atoms with Gasteiger partial charge in [-0.05, 0) is 25.7 Å². The SMILES string of the molecule is O=C1CN(C2CCC(Cl)CN2C(=O)C2CCCCC2)C(=O)CN1. The first-order chi connectivity index (χ1) is 11.1. The van der Waals surface area contributed by atoms with Gasteiger partial charge in [0.15, 0.2) is 0 Å². The Kier molecular flexibility index (Phi) is 5.09. The summed E-state index contributed by atoms with van der Waals surface area (Å²) in [5.74, 6) is -0.132. The van der Waals surface area contributed by atoms with Crippen LogP contribution in [0.15, 0.2) is 0 Å². The average Bonchev–Trinajstić information content (AvgIpc) is 2.57. The number of alkyl halides is 1. The number of halogens is 1. The molecule has 128 valence electrons. The van der Waals surface area contributed by atoms with Gasteiger partial charge in [-0.15, -0.1) is 11.6 Å². The molecular weight excluding hydrogens is 318 g/mol. The van der Waals surface area contributed by atoms with Crippen LogP contribution in [-0.4, -0.2) is 58.7 Å². The number of piperidine rings is 1. The standard InChI is InChI=1S/C16H24ClN3O3/c17-12-6-7-14(19-10-13(21)18-8-15(19)22)20(9-12)16(23)11-4-2-1-3-5-11/h11-12,14H,1-10H2,(H,18,21). The average molecular weight is 342 g/mol. The minimum Gasteiger partial charge on any atom is -0.345 e. The summed E-state index contributed by atoms with van der Waals surface area (Å²) in [7, 11) is 0. The molecule has 2 unspecified atom stereocenters. The number of nitrogens with one attached hydrogen (secondary N) is 1. The Bertz CT molecular complexity index is 493. The van der Waals surface area contributed by atoms with Crippen LogP contribution < -0.4 is 5.32 Å². The van der Waals surface area contributed by atoms with Crippen molar-refractivity contribution in [1.29, 1.82) is 0 Å². The second kappa shape index (κ2) is 7.07. The van der Waals surface area contributed by atoms with Crippen LogP contribution in [0.5, 0.6) is 0 Å². The third-order valence-corrected chi connectivity index (χ3v) is 5.52. The summed E-state index contributed by atoms with van der Waals surface area (Å²) < 4.78 is 0. The molecule has 1 N–H and O–H groups in total. The molecule has 0 spiro atoms. The Morgan fingerprint density at radius 2 is 1.83 bits per heavy atom. The number of rotatable bonds is 2. The van der Waals surface area contributed by atoms with Crippen molar-refractivity contribution < 1.29 is 14.4 Å². The van der Waals surface area contributed by atoms with Crippen molar-refractivity contribution >= 4 is 29.3 Å². The molecule has 1 aliphatic carbocycles. The van der Waals surface area contributed by atoms with Gasteiger partial charge in [0.25, 0.3) is 0 Å². The van der Waals surface area contributed by atoms with Gasteiger partial charge in [-0.3, -0.25) is 14.4 Å². The summed E-state index contributed by atoms with van der Waals surface area (Å²) in [6.07, 6.45) is 6.29. The molecule has 1 saturated carbocycles. The molecule has 2 saturated heterocycles. The van der Waals surface area contributed by atoms with Crippen LogP contribution in [0.3, 0.4) is 0 Å². The van der Waals surface area contributed by atoms with Gasteiger partial charge >= 0.3 is 0 Å². The van der Waals surface area contributed by atoms with Gasteiger partial charge in [0.1, 0.15) is 12.7 Å². The highest BCUT2D eigenvalue weighted by atomic mass is 35.5. The maximum absolute atomic E-state index is 13.0. The third kappa shape index (κ3) is 3.62. The van der Waals surface area contributed by atoms with E-state index >= 15 is 0 Å². The van der Waals surface area contributed by atoms with Gasteiger partial charge in [0.2, 0.25) is 17.7 Å². The Balaban J connectivity index is 1.77. The summed E-state index contributed by atoms with van der Waals surface area (Å²) >= 11 is 6.29. The van der Waals surface area contributed by atoms with Crippen LogP contribution in [-0.2, 0) is 14.4 Å². The first-order valence-corrected chi connectivity index (χ1v) is 9.00. The molecule has 2 heterocycles. The molecule has 2 aliphatic heterocycles.